The number of nitrogens with zero attached hydrogens (tertiary/aromatic N) is 1. The Kier molecular flexibility index (Phi) is 4.88. The summed E-state index contributed by atoms with van der Waals surface area (Å²) in [5.41, 5.74) is 2.22. The van der Waals surface area contributed by atoms with Crippen LogP contribution in [-0.4, -0.2) is 41.2 Å². The number of carbonyl (C=O) groups excluding carboxylic acids is 1. The second kappa shape index (κ2) is 6.48. The Labute approximate surface area is 126 Å². The lowest BCUT2D eigenvalue weighted by Crippen LogP contribution is -2.58. The number of likely N-dealkylation sites (tertiary alicyclic amines) is 1. The number of hydrogen-bond donors (Lipinski definition) is 1. The fourth-order valence-corrected chi connectivity index (χ4v) is 2.60. The minimum absolute atomic E-state index is 0.0278. The van der Waals surface area contributed by atoms with Crippen LogP contribution in [0.15, 0.2) is 18.2 Å². The van der Waals surface area contributed by atoms with Gasteiger partial charge >= 0.3 is 0 Å². The van der Waals surface area contributed by atoms with Crippen molar-refractivity contribution in [2.45, 2.75) is 46.3 Å². The monoisotopic (exact) mass is 291 g/mol. The van der Waals surface area contributed by atoms with Crippen LogP contribution < -0.4 is 4.74 Å². The maximum atomic E-state index is 12.0. The van der Waals surface area contributed by atoms with Crippen molar-refractivity contribution in [3.63, 3.8) is 0 Å². The average molecular weight is 291 g/mol. The number of carbonyl (C=O) groups is 1. The summed E-state index contributed by atoms with van der Waals surface area (Å²) in [6.45, 7) is 9.16. The molecular weight excluding hydrogens is 266 g/mol. The molecule has 1 N–H and O–H groups in total. The minimum Gasteiger partial charge on any atom is -0.486 e. The summed E-state index contributed by atoms with van der Waals surface area (Å²) in [6.07, 6.45) is -0.344. The van der Waals surface area contributed by atoms with E-state index in [4.69, 9.17) is 4.74 Å². The highest BCUT2D eigenvalue weighted by molar-refractivity contribution is 5.81. The Morgan fingerprint density at radius 3 is 2.43 bits per heavy atom. The third-order valence-corrected chi connectivity index (χ3v) is 3.83. The maximum absolute atomic E-state index is 12.0. The van der Waals surface area contributed by atoms with Crippen molar-refractivity contribution in [1.82, 2.24) is 4.90 Å². The van der Waals surface area contributed by atoms with E-state index in [2.05, 4.69) is 0 Å². The van der Waals surface area contributed by atoms with E-state index in [0.717, 1.165) is 16.9 Å². The standard InChI is InChI=1S/C17H25NO3/c1-11(2)8-15(19)17(20)18-9-14(10-18)21-16-12(3)6-5-7-13(16)4/h5-7,11,14-15,19H,8-10H2,1-4H3/t15-/m1/s1. The molecule has 2 rings (SSSR count). The van der Waals surface area contributed by atoms with Crippen molar-refractivity contribution in [3.8, 4) is 5.75 Å². The zero-order chi connectivity index (χ0) is 15.6. The normalized spacial score (nSPS) is 16.8. The van der Waals surface area contributed by atoms with Crippen LogP contribution in [0.25, 0.3) is 0 Å². The topological polar surface area (TPSA) is 49.8 Å². The molecule has 1 aliphatic heterocycles. The van der Waals surface area contributed by atoms with Crippen molar-refractivity contribution in [2.24, 2.45) is 5.92 Å². The van der Waals surface area contributed by atoms with Crippen LogP contribution in [0.3, 0.4) is 0 Å². The molecule has 1 aromatic carbocycles. The molecular formula is C17H25NO3. The first-order valence-electron chi connectivity index (χ1n) is 7.58. The highest BCUT2D eigenvalue weighted by Gasteiger charge is 2.35. The van der Waals surface area contributed by atoms with Crippen LogP contribution in [0.5, 0.6) is 5.75 Å². The molecule has 21 heavy (non-hydrogen) atoms. The molecule has 1 fully saturated rings. The van der Waals surface area contributed by atoms with Crippen LogP contribution in [0, 0.1) is 19.8 Å². The van der Waals surface area contributed by atoms with E-state index >= 15 is 0 Å². The van der Waals surface area contributed by atoms with Gasteiger partial charge in [0.2, 0.25) is 0 Å². The van der Waals surface area contributed by atoms with Crippen LogP contribution in [0.1, 0.15) is 31.4 Å². The van der Waals surface area contributed by atoms with E-state index in [9.17, 15) is 9.90 Å². The van der Waals surface area contributed by atoms with Crippen LogP contribution in [-0.2, 0) is 4.79 Å². The van der Waals surface area contributed by atoms with Gasteiger partial charge in [0.15, 0.2) is 0 Å². The summed E-state index contributed by atoms with van der Waals surface area (Å²) >= 11 is 0. The first-order chi connectivity index (χ1) is 9.88. The molecule has 0 unspecified atom stereocenters. The number of hydrogen-bond acceptors (Lipinski definition) is 3. The molecule has 0 aliphatic carbocycles. The lowest BCUT2D eigenvalue weighted by Gasteiger charge is -2.40. The first kappa shape index (κ1) is 15.8. The van der Waals surface area contributed by atoms with E-state index in [1.54, 1.807) is 4.90 Å². The van der Waals surface area contributed by atoms with Crippen LogP contribution >= 0.6 is 0 Å². The number of aliphatic hydroxyl groups excluding tert-OH is 1. The number of para-hydroxylation sites is 1. The molecule has 4 heteroatoms. The van der Waals surface area contributed by atoms with Crippen molar-refractivity contribution < 1.29 is 14.6 Å². The van der Waals surface area contributed by atoms with Gasteiger partial charge in [-0.15, -0.1) is 0 Å². The van der Waals surface area contributed by atoms with E-state index in [1.807, 2.05) is 45.9 Å². The Morgan fingerprint density at radius 1 is 1.33 bits per heavy atom. The zero-order valence-corrected chi connectivity index (χ0v) is 13.3. The van der Waals surface area contributed by atoms with Crippen molar-refractivity contribution in [2.75, 3.05) is 13.1 Å². The van der Waals surface area contributed by atoms with Gasteiger partial charge in [0.25, 0.3) is 5.91 Å². The molecule has 116 valence electrons. The Hall–Kier alpha value is -1.55. The Morgan fingerprint density at radius 2 is 1.90 bits per heavy atom. The summed E-state index contributed by atoms with van der Waals surface area (Å²) < 4.78 is 5.98. The number of ether oxygens (including phenoxy) is 1. The predicted octanol–water partition coefficient (Wildman–Crippen LogP) is 2.30. The zero-order valence-electron chi connectivity index (χ0n) is 13.3. The molecule has 1 aliphatic rings. The lowest BCUT2D eigenvalue weighted by atomic mass is 10.0. The molecule has 1 amide bonds. The second-order valence-corrected chi connectivity index (χ2v) is 6.35. The van der Waals surface area contributed by atoms with Gasteiger partial charge in [-0.1, -0.05) is 32.0 Å². The van der Waals surface area contributed by atoms with Crippen molar-refractivity contribution in [3.05, 3.63) is 29.3 Å². The van der Waals surface area contributed by atoms with Gasteiger partial charge < -0.3 is 14.7 Å². The third-order valence-electron chi connectivity index (χ3n) is 3.83. The van der Waals surface area contributed by atoms with Crippen molar-refractivity contribution in [1.29, 1.82) is 0 Å². The number of aryl methyl sites for hydroxylation is 2. The largest absolute Gasteiger partial charge is 0.486 e. The van der Waals surface area contributed by atoms with E-state index < -0.39 is 6.10 Å². The highest BCUT2D eigenvalue weighted by Crippen LogP contribution is 2.26. The molecule has 0 aromatic heterocycles. The smallest absolute Gasteiger partial charge is 0.251 e. The lowest BCUT2D eigenvalue weighted by molar-refractivity contribution is -0.150. The van der Waals surface area contributed by atoms with Gasteiger partial charge in [-0.05, 0) is 37.3 Å². The van der Waals surface area contributed by atoms with E-state index in [1.165, 1.54) is 0 Å². The van der Waals surface area contributed by atoms with Gasteiger partial charge in [0.1, 0.15) is 18.0 Å². The van der Waals surface area contributed by atoms with E-state index in [0.29, 0.717) is 25.4 Å². The summed E-state index contributed by atoms with van der Waals surface area (Å²) in [7, 11) is 0. The summed E-state index contributed by atoms with van der Waals surface area (Å²) in [5, 5.41) is 9.86. The summed E-state index contributed by atoms with van der Waals surface area (Å²) in [4.78, 5) is 13.7. The number of aliphatic hydroxyl groups is 1. The van der Waals surface area contributed by atoms with Gasteiger partial charge in [-0.2, -0.15) is 0 Å². The molecule has 1 saturated heterocycles. The number of amides is 1. The quantitative estimate of drug-likeness (QED) is 0.905. The van der Waals surface area contributed by atoms with Crippen LogP contribution in [0.2, 0.25) is 0 Å². The van der Waals surface area contributed by atoms with Gasteiger partial charge in [-0.3, -0.25) is 4.79 Å². The second-order valence-electron chi connectivity index (χ2n) is 6.35. The van der Waals surface area contributed by atoms with E-state index in [-0.39, 0.29) is 12.0 Å². The Balaban J connectivity index is 1.85. The van der Waals surface area contributed by atoms with Gasteiger partial charge in [-0.25, -0.2) is 0 Å². The van der Waals surface area contributed by atoms with Crippen molar-refractivity contribution >= 4 is 5.91 Å². The third kappa shape index (κ3) is 3.76. The van der Waals surface area contributed by atoms with Gasteiger partial charge in [0.05, 0.1) is 13.1 Å². The fraction of sp³-hybridized carbons (Fsp3) is 0.588. The number of rotatable bonds is 5. The highest BCUT2D eigenvalue weighted by atomic mass is 16.5. The summed E-state index contributed by atoms with van der Waals surface area (Å²) in [5.74, 6) is 1.05. The van der Waals surface area contributed by atoms with Crippen LogP contribution in [0.4, 0.5) is 0 Å². The predicted molar refractivity (Wildman–Crippen MR) is 82.4 cm³/mol. The number of benzene rings is 1. The SMILES string of the molecule is Cc1cccc(C)c1OC1CN(C(=O)[C@H](O)CC(C)C)C1. The van der Waals surface area contributed by atoms with Gasteiger partial charge in [0, 0.05) is 0 Å². The molecule has 1 heterocycles. The first-order valence-corrected chi connectivity index (χ1v) is 7.58. The Bertz CT molecular complexity index is 487. The molecule has 0 radical (unpaired) electrons. The molecule has 1 aromatic rings. The molecule has 0 bridgehead atoms. The fourth-order valence-electron chi connectivity index (χ4n) is 2.60. The summed E-state index contributed by atoms with van der Waals surface area (Å²) in [6, 6.07) is 6.06. The molecule has 1 atom stereocenters. The molecule has 0 spiro atoms. The maximum Gasteiger partial charge on any atom is 0.251 e. The molecule has 0 saturated carbocycles. The molecule has 4 nitrogen and oxygen atoms in total. The average Bonchev–Trinajstić information content (AvgIpc) is 2.34. The minimum atomic E-state index is -0.883.